The van der Waals surface area contributed by atoms with Crippen LogP contribution in [0.3, 0.4) is 0 Å². The molecule has 11 heavy (non-hydrogen) atoms. The van der Waals surface area contributed by atoms with Gasteiger partial charge in [-0.05, 0) is 27.2 Å². The van der Waals surface area contributed by atoms with Crippen LogP contribution in [0.2, 0.25) is 0 Å². The first-order valence-electron chi connectivity index (χ1n) is 4.27. The number of ether oxygens (including phenoxy) is 2. The SMILES string of the molecule is CCC1([SiH3])OC(C)C(C)(C)O1. The zero-order chi connectivity index (χ0) is 8.70. The fourth-order valence-electron chi connectivity index (χ4n) is 1.33. The molecule has 0 aromatic heterocycles. The minimum atomic E-state index is -0.219. The Morgan fingerprint density at radius 3 is 2.18 bits per heavy atom. The van der Waals surface area contributed by atoms with Crippen molar-refractivity contribution < 1.29 is 9.47 Å². The first-order chi connectivity index (χ1) is 4.90. The molecule has 2 atom stereocenters. The van der Waals surface area contributed by atoms with Crippen molar-refractivity contribution in [1.29, 1.82) is 0 Å². The van der Waals surface area contributed by atoms with Gasteiger partial charge in [0.15, 0.2) is 0 Å². The molecule has 0 amide bonds. The van der Waals surface area contributed by atoms with E-state index in [0.29, 0.717) is 0 Å². The number of rotatable bonds is 1. The summed E-state index contributed by atoms with van der Waals surface area (Å²) in [6.45, 7) is 8.37. The Labute approximate surface area is 71.7 Å². The predicted molar refractivity (Wildman–Crippen MR) is 48.7 cm³/mol. The summed E-state index contributed by atoms with van der Waals surface area (Å²) in [6.07, 6.45) is 1.19. The molecule has 0 saturated carbocycles. The van der Waals surface area contributed by atoms with E-state index < -0.39 is 0 Å². The van der Waals surface area contributed by atoms with Crippen LogP contribution >= 0.6 is 0 Å². The Bertz CT molecular complexity index is 158. The minimum absolute atomic E-state index is 0.0994. The van der Waals surface area contributed by atoms with Crippen molar-refractivity contribution in [1.82, 2.24) is 0 Å². The van der Waals surface area contributed by atoms with Gasteiger partial charge in [0.05, 0.1) is 21.9 Å². The maximum absolute atomic E-state index is 5.84. The van der Waals surface area contributed by atoms with Gasteiger partial charge >= 0.3 is 0 Å². The van der Waals surface area contributed by atoms with E-state index in [-0.39, 0.29) is 17.1 Å². The molecular formula is C8H18O2Si. The van der Waals surface area contributed by atoms with Crippen LogP contribution < -0.4 is 0 Å². The van der Waals surface area contributed by atoms with Gasteiger partial charge in [-0.25, -0.2) is 0 Å². The zero-order valence-electron chi connectivity index (χ0n) is 8.10. The second kappa shape index (κ2) is 2.57. The van der Waals surface area contributed by atoms with Crippen LogP contribution in [0.5, 0.6) is 0 Å². The third-order valence-electron chi connectivity index (χ3n) is 2.53. The van der Waals surface area contributed by atoms with Crippen LogP contribution in [-0.4, -0.2) is 27.4 Å². The van der Waals surface area contributed by atoms with E-state index in [9.17, 15) is 0 Å². The van der Waals surface area contributed by atoms with E-state index in [1.54, 1.807) is 0 Å². The average molecular weight is 174 g/mol. The van der Waals surface area contributed by atoms with Gasteiger partial charge in [0.25, 0.3) is 0 Å². The standard InChI is InChI=1S/C8H18O2Si/c1-5-8(11)9-6(2)7(3,4)10-8/h6H,5H2,1-4,11H3. The van der Waals surface area contributed by atoms with Gasteiger partial charge in [-0.15, -0.1) is 0 Å². The fraction of sp³-hybridized carbons (Fsp3) is 1.00. The molecule has 0 aromatic carbocycles. The lowest BCUT2D eigenvalue weighted by Crippen LogP contribution is -2.33. The first kappa shape index (κ1) is 9.23. The zero-order valence-corrected chi connectivity index (χ0v) is 10.1. The van der Waals surface area contributed by atoms with Crippen LogP contribution in [0.15, 0.2) is 0 Å². The first-order valence-corrected chi connectivity index (χ1v) is 5.27. The number of hydrogen-bond acceptors (Lipinski definition) is 2. The highest BCUT2D eigenvalue weighted by atomic mass is 28.1. The summed E-state index contributed by atoms with van der Waals surface area (Å²) < 4.78 is 11.6. The van der Waals surface area contributed by atoms with Gasteiger partial charge in [-0.2, -0.15) is 0 Å². The van der Waals surface area contributed by atoms with Crippen LogP contribution in [0.4, 0.5) is 0 Å². The second-order valence-electron chi connectivity index (χ2n) is 3.95. The van der Waals surface area contributed by atoms with E-state index in [0.717, 1.165) is 16.7 Å². The molecule has 1 saturated heterocycles. The molecule has 1 rings (SSSR count). The summed E-state index contributed by atoms with van der Waals surface area (Å²) in [4.78, 5) is 0. The van der Waals surface area contributed by atoms with Crippen molar-refractivity contribution >= 4 is 10.2 Å². The normalized spacial score (nSPS) is 43.1. The average Bonchev–Trinajstić information content (AvgIpc) is 2.04. The molecule has 0 spiro atoms. The monoisotopic (exact) mass is 174 g/mol. The van der Waals surface area contributed by atoms with E-state index in [4.69, 9.17) is 9.47 Å². The van der Waals surface area contributed by atoms with Gasteiger partial charge in [-0.1, -0.05) is 6.92 Å². The molecule has 2 unspecified atom stereocenters. The molecule has 0 radical (unpaired) electrons. The third kappa shape index (κ3) is 1.66. The predicted octanol–water partition coefficient (Wildman–Crippen LogP) is 0.629. The second-order valence-corrected chi connectivity index (χ2v) is 5.48. The van der Waals surface area contributed by atoms with Crippen LogP contribution in [0.1, 0.15) is 34.1 Å². The highest BCUT2D eigenvalue weighted by Crippen LogP contribution is 2.35. The van der Waals surface area contributed by atoms with E-state index >= 15 is 0 Å². The minimum Gasteiger partial charge on any atom is -0.349 e. The quantitative estimate of drug-likeness (QED) is 0.543. The van der Waals surface area contributed by atoms with E-state index in [1.165, 1.54) is 0 Å². The van der Waals surface area contributed by atoms with Crippen molar-refractivity contribution in [3.63, 3.8) is 0 Å². The van der Waals surface area contributed by atoms with Crippen molar-refractivity contribution in [3.8, 4) is 0 Å². The molecule has 0 bridgehead atoms. The Morgan fingerprint density at radius 1 is 1.45 bits per heavy atom. The van der Waals surface area contributed by atoms with Crippen LogP contribution in [0.25, 0.3) is 0 Å². The molecule has 2 nitrogen and oxygen atoms in total. The summed E-state index contributed by atoms with van der Waals surface area (Å²) in [6, 6.07) is 0. The molecule has 3 heteroatoms. The van der Waals surface area contributed by atoms with Gasteiger partial charge < -0.3 is 9.47 Å². The molecule has 0 aliphatic carbocycles. The Morgan fingerprint density at radius 2 is 2.00 bits per heavy atom. The summed E-state index contributed by atoms with van der Waals surface area (Å²) in [7, 11) is 0.948. The molecule has 1 aliphatic heterocycles. The van der Waals surface area contributed by atoms with Gasteiger partial charge in [0.1, 0.15) is 5.41 Å². The maximum Gasteiger partial charge on any atom is 0.142 e. The Hall–Kier alpha value is 0.137. The summed E-state index contributed by atoms with van der Waals surface area (Å²) in [5, 5.41) is 0. The molecule has 1 fully saturated rings. The Kier molecular flexibility index (Phi) is 2.16. The van der Waals surface area contributed by atoms with Crippen LogP contribution in [-0.2, 0) is 9.47 Å². The van der Waals surface area contributed by atoms with E-state index in [1.807, 2.05) is 0 Å². The molecule has 0 aromatic rings. The summed E-state index contributed by atoms with van der Waals surface area (Å²) in [5.74, 6) is 0. The lowest BCUT2D eigenvalue weighted by Gasteiger charge is -2.24. The van der Waals surface area contributed by atoms with Crippen molar-refractivity contribution in [2.24, 2.45) is 0 Å². The van der Waals surface area contributed by atoms with E-state index in [2.05, 4.69) is 27.7 Å². The Balaban J connectivity index is 2.71. The smallest absolute Gasteiger partial charge is 0.142 e. The number of hydrogen-bond donors (Lipinski definition) is 0. The van der Waals surface area contributed by atoms with Gasteiger partial charge in [0.2, 0.25) is 0 Å². The highest BCUT2D eigenvalue weighted by Gasteiger charge is 2.45. The van der Waals surface area contributed by atoms with Crippen LogP contribution in [0, 0.1) is 0 Å². The highest BCUT2D eigenvalue weighted by molar-refractivity contribution is 6.13. The van der Waals surface area contributed by atoms with Gasteiger partial charge in [-0.3, -0.25) is 0 Å². The largest absolute Gasteiger partial charge is 0.349 e. The molecule has 1 aliphatic rings. The molecule has 0 N–H and O–H groups in total. The van der Waals surface area contributed by atoms with Crippen molar-refractivity contribution in [2.75, 3.05) is 0 Å². The van der Waals surface area contributed by atoms with Crippen molar-refractivity contribution in [2.45, 2.75) is 51.2 Å². The fourth-order valence-corrected chi connectivity index (χ4v) is 2.21. The molecular weight excluding hydrogens is 156 g/mol. The topological polar surface area (TPSA) is 18.5 Å². The molecule has 1 heterocycles. The lowest BCUT2D eigenvalue weighted by molar-refractivity contribution is -0.120. The summed E-state index contributed by atoms with van der Waals surface area (Å²) in [5.41, 5.74) is -0.319. The molecule has 66 valence electrons. The van der Waals surface area contributed by atoms with Gasteiger partial charge in [0, 0.05) is 0 Å². The third-order valence-corrected chi connectivity index (χ3v) is 3.67. The summed E-state index contributed by atoms with van der Waals surface area (Å²) >= 11 is 0. The maximum atomic E-state index is 5.84. The lowest BCUT2D eigenvalue weighted by atomic mass is 10.0. The van der Waals surface area contributed by atoms with Crippen molar-refractivity contribution in [3.05, 3.63) is 0 Å².